The van der Waals surface area contributed by atoms with E-state index in [-0.39, 0.29) is 23.6 Å². The van der Waals surface area contributed by atoms with Crippen LogP contribution < -0.4 is 5.73 Å². The van der Waals surface area contributed by atoms with E-state index in [9.17, 15) is 8.28 Å². The molecule has 74 valence electrons. The number of rotatable bonds is 2. The Hall–Kier alpha value is -0.610. The maximum atomic E-state index is 12.6. The van der Waals surface area contributed by atoms with Crippen LogP contribution in [-0.2, 0) is 6.54 Å². The maximum Gasteiger partial charge on any atom is 0.124 e. The highest BCUT2D eigenvalue weighted by atomic mass is 32.2. The molecule has 0 fully saturated rings. The van der Waals surface area contributed by atoms with Crippen LogP contribution in [0.15, 0.2) is 23.1 Å². The fraction of sp³-hybridized carbons (Fsp3) is 0.333. The first-order valence-electron chi connectivity index (χ1n) is 4.04. The van der Waals surface area contributed by atoms with Gasteiger partial charge in [-0.05, 0) is 23.8 Å². The summed E-state index contributed by atoms with van der Waals surface area (Å²) in [6, 6.07) is 3.94. The molecule has 4 heteroatoms. The van der Waals surface area contributed by atoms with Gasteiger partial charge in [0.2, 0.25) is 0 Å². The molecule has 0 saturated heterocycles. The lowest BCUT2D eigenvalue weighted by molar-refractivity contribution is 0.621. The van der Waals surface area contributed by atoms with E-state index in [0.29, 0.717) is 5.56 Å². The van der Waals surface area contributed by atoms with Gasteiger partial charge in [0.15, 0.2) is 0 Å². The van der Waals surface area contributed by atoms with Crippen molar-refractivity contribution < 1.29 is 8.28 Å². The van der Waals surface area contributed by atoms with E-state index in [1.165, 1.54) is 12.1 Å². The van der Waals surface area contributed by atoms with E-state index in [0.717, 1.165) is 6.07 Å². The molecule has 1 nitrogen and oxygen atoms in total. The van der Waals surface area contributed by atoms with Gasteiger partial charge in [0.1, 0.15) is 5.82 Å². The maximum absolute atomic E-state index is 12.6. The number of hydrogen-bond acceptors (Lipinski definition) is 2. The average molecular weight is 205 g/mol. The summed E-state index contributed by atoms with van der Waals surface area (Å²) in [7, 11) is 0. The summed E-state index contributed by atoms with van der Waals surface area (Å²) in [6.45, 7) is 4.23. The second-order valence-corrected chi connectivity index (χ2v) is 2.70. The van der Waals surface area contributed by atoms with Crippen LogP contribution in [0.3, 0.4) is 0 Å². The van der Waals surface area contributed by atoms with Crippen molar-refractivity contribution in [2.75, 3.05) is 0 Å². The third-order valence-electron chi connectivity index (χ3n) is 1.26. The number of nitrogens with two attached hydrogens (primary N) is 1. The van der Waals surface area contributed by atoms with E-state index >= 15 is 0 Å². The van der Waals surface area contributed by atoms with E-state index in [1.807, 2.05) is 13.8 Å². The van der Waals surface area contributed by atoms with Crippen molar-refractivity contribution in [1.82, 2.24) is 0 Å². The zero-order chi connectivity index (χ0) is 10.3. The number of benzene rings is 1. The van der Waals surface area contributed by atoms with Crippen LogP contribution in [0.4, 0.5) is 8.28 Å². The van der Waals surface area contributed by atoms with Crippen LogP contribution >= 0.6 is 12.1 Å². The van der Waals surface area contributed by atoms with Crippen LogP contribution in [0.25, 0.3) is 0 Å². The molecule has 0 heterocycles. The highest BCUT2D eigenvalue weighted by Crippen LogP contribution is 2.21. The Morgan fingerprint density at radius 3 is 2.38 bits per heavy atom. The normalized spacial score (nSPS) is 9.00. The Balaban J connectivity index is 0.000000671. The quantitative estimate of drug-likeness (QED) is 0.801. The standard InChI is InChI=1S/C7H7F2NS.C2H6/c8-6-1-5(4-10)2-7(3-6)11-9;1-2/h1-3H,4,10H2;1-2H3. The van der Waals surface area contributed by atoms with Crippen molar-refractivity contribution in [3.63, 3.8) is 0 Å². The van der Waals surface area contributed by atoms with Crippen LogP contribution in [-0.4, -0.2) is 0 Å². The Morgan fingerprint density at radius 2 is 1.92 bits per heavy atom. The van der Waals surface area contributed by atoms with Gasteiger partial charge in [0.25, 0.3) is 0 Å². The predicted molar refractivity (Wildman–Crippen MR) is 52.6 cm³/mol. The minimum Gasteiger partial charge on any atom is -0.326 e. The predicted octanol–water partition coefficient (Wildman–Crippen LogP) is 3.29. The van der Waals surface area contributed by atoms with Crippen LogP contribution in [0.5, 0.6) is 0 Å². The van der Waals surface area contributed by atoms with E-state index in [4.69, 9.17) is 5.73 Å². The molecule has 0 bridgehead atoms. The first-order valence-corrected chi connectivity index (χ1v) is 4.76. The zero-order valence-electron chi connectivity index (χ0n) is 7.68. The Bertz CT molecular complexity index is 231. The fourth-order valence-corrected chi connectivity index (χ4v) is 1.14. The molecule has 1 rings (SSSR count). The summed E-state index contributed by atoms with van der Waals surface area (Å²) < 4.78 is 24.5. The van der Waals surface area contributed by atoms with Crippen molar-refractivity contribution in [2.45, 2.75) is 25.3 Å². The van der Waals surface area contributed by atoms with Crippen molar-refractivity contribution in [2.24, 2.45) is 5.73 Å². The Labute approximate surface area is 81.6 Å². The van der Waals surface area contributed by atoms with Gasteiger partial charge in [-0.1, -0.05) is 13.8 Å². The number of hydrogen-bond donors (Lipinski definition) is 1. The van der Waals surface area contributed by atoms with Gasteiger partial charge in [-0.3, -0.25) is 0 Å². The lowest BCUT2D eigenvalue weighted by Crippen LogP contribution is -1.96. The molecule has 2 N–H and O–H groups in total. The van der Waals surface area contributed by atoms with Crippen molar-refractivity contribution >= 4 is 12.1 Å². The third kappa shape index (κ3) is 4.24. The Kier molecular flexibility index (Phi) is 6.54. The topological polar surface area (TPSA) is 26.0 Å². The summed E-state index contributed by atoms with van der Waals surface area (Å²) in [6.07, 6.45) is 0. The molecule has 13 heavy (non-hydrogen) atoms. The third-order valence-corrected chi connectivity index (χ3v) is 1.67. The molecule has 1 aromatic rings. The molecule has 0 spiro atoms. The van der Waals surface area contributed by atoms with Gasteiger partial charge >= 0.3 is 0 Å². The summed E-state index contributed by atoms with van der Waals surface area (Å²) in [5.41, 5.74) is 5.85. The summed E-state index contributed by atoms with van der Waals surface area (Å²) >= 11 is 0.0169. The molecule has 0 aliphatic heterocycles. The van der Waals surface area contributed by atoms with E-state index in [1.54, 1.807) is 0 Å². The highest BCUT2D eigenvalue weighted by molar-refractivity contribution is 7.94. The average Bonchev–Trinajstić information content (AvgIpc) is 2.20. The zero-order valence-corrected chi connectivity index (χ0v) is 8.50. The molecule has 0 amide bonds. The fourth-order valence-electron chi connectivity index (χ4n) is 0.783. The smallest absolute Gasteiger partial charge is 0.124 e. The lowest BCUT2D eigenvalue weighted by Gasteiger charge is -1.98. The van der Waals surface area contributed by atoms with E-state index < -0.39 is 5.82 Å². The molecule has 0 aliphatic rings. The molecule has 0 aromatic heterocycles. The van der Waals surface area contributed by atoms with Crippen molar-refractivity contribution in [3.8, 4) is 0 Å². The first-order chi connectivity index (χ1) is 6.26. The van der Waals surface area contributed by atoms with Crippen molar-refractivity contribution in [1.29, 1.82) is 0 Å². The first kappa shape index (κ1) is 12.4. The minimum absolute atomic E-state index is 0.0169. The molecular weight excluding hydrogens is 192 g/mol. The molecule has 0 unspecified atom stereocenters. The van der Waals surface area contributed by atoms with Gasteiger partial charge in [-0.25, -0.2) is 4.39 Å². The van der Waals surface area contributed by atoms with Gasteiger partial charge in [0.05, 0.1) is 12.1 Å². The van der Waals surface area contributed by atoms with Gasteiger partial charge in [-0.15, -0.1) is 0 Å². The number of halogens is 2. The largest absolute Gasteiger partial charge is 0.326 e. The van der Waals surface area contributed by atoms with Gasteiger partial charge < -0.3 is 5.73 Å². The second kappa shape index (κ2) is 6.86. The summed E-state index contributed by atoms with van der Waals surface area (Å²) in [5.74, 6) is -0.451. The molecule has 0 aliphatic carbocycles. The molecule has 0 saturated carbocycles. The monoisotopic (exact) mass is 205 g/mol. The molecular formula is C9H13F2NS. The summed E-state index contributed by atoms with van der Waals surface area (Å²) in [4.78, 5) is 0.255. The summed E-state index contributed by atoms with van der Waals surface area (Å²) in [5, 5.41) is 0. The van der Waals surface area contributed by atoms with Gasteiger partial charge in [0, 0.05) is 11.4 Å². The molecule has 0 atom stereocenters. The minimum atomic E-state index is -0.451. The van der Waals surface area contributed by atoms with Crippen LogP contribution in [0.1, 0.15) is 19.4 Å². The van der Waals surface area contributed by atoms with Crippen molar-refractivity contribution in [3.05, 3.63) is 29.6 Å². The van der Waals surface area contributed by atoms with Crippen LogP contribution in [0.2, 0.25) is 0 Å². The Morgan fingerprint density at radius 1 is 1.31 bits per heavy atom. The lowest BCUT2D eigenvalue weighted by atomic mass is 10.2. The highest BCUT2D eigenvalue weighted by Gasteiger charge is 1.99. The molecule has 0 radical (unpaired) electrons. The molecule has 1 aromatic carbocycles. The van der Waals surface area contributed by atoms with Gasteiger partial charge in [-0.2, -0.15) is 3.89 Å². The second-order valence-electron chi connectivity index (χ2n) is 2.08. The van der Waals surface area contributed by atoms with Crippen LogP contribution in [0, 0.1) is 5.82 Å². The van der Waals surface area contributed by atoms with E-state index in [2.05, 4.69) is 0 Å². The SMILES string of the molecule is CC.NCc1cc(F)cc(SF)c1.